The van der Waals surface area contributed by atoms with Crippen molar-refractivity contribution in [1.82, 2.24) is 9.62 Å². The number of hydrogen-bond donors (Lipinski definition) is 1. The zero-order valence-electron chi connectivity index (χ0n) is 12.9. The summed E-state index contributed by atoms with van der Waals surface area (Å²) in [6.07, 6.45) is 0.908. The first kappa shape index (κ1) is 16.8. The van der Waals surface area contributed by atoms with Crippen molar-refractivity contribution in [3.8, 4) is 0 Å². The van der Waals surface area contributed by atoms with Crippen LogP contribution in [0.2, 0.25) is 0 Å². The molecule has 118 valence electrons. The molecule has 1 aliphatic rings. The van der Waals surface area contributed by atoms with Crippen LogP contribution in [0.3, 0.4) is 0 Å². The first-order chi connectivity index (χ1) is 9.93. The smallest absolute Gasteiger partial charge is 0.243 e. The van der Waals surface area contributed by atoms with E-state index >= 15 is 0 Å². The van der Waals surface area contributed by atoms with Crippen molar-refractivity contribution in [3.05, 3.63) is 29.8 Å². The van der Waals surface area contributed by atoms with Gasteiger partial charge in [-0.15, -0.1) is 0 Å². The van der Waals surface area contributed by atoms with Crippen LogP contribution < -0.4 is 5.32 Å². The summed E-state index contributed by atoms with van der Waals surface area (Å²) in [6, 6.07) is 7.29. The molecule has 0 amide bonds. The van der Waals surface area contributed by atoms with E-state index in [-0.39, 0.29) is 0 Å². The van der Waals surface area contributed by atoms with Crippen LogP contribution in [-0.4, -0.2) is 49.9 Å². The van der Waals surface area contributed by atoms with Crippen LogP contribution in [0.15, 0.2) is 29.2 Å². The summed E-state index contributed by atoms with van der Waals surface area (Å²) in [7, 11) is -1.45. The van der Waals surface area contributed by atoms with E-state index < -0.39 is 10.0 Å². The van der Waals surface area contributed by atoms with Crippen LogP contribution >= 0.6 is 11.8 Å². The van der Waals surface area contributed by atoms with Gasteiger partial charge in [0.15, 0.2) is 0 Å². The molecular weight excluding hydrogens is 304 g/mol. The highest BCUT2D eigenvalue weighted by atomic mass is 32.2. The molecule has 1 saturated heterocycles. The van der Waals surface area contributed by atoms with Gasteiger partial charge in [0.25, 0.3) is 0 Å². The molecule has 0 radical (unpaired) electrons. The Kier molecular flexibility index (Phi) is 5.71. The Hall–Kier alpha value is -0.560. The molecule has 1 heterocycles. The van der Waals surface area contributed by atoms with Crippen LogP contribution in [-0.2, 0) is 16.4 Å². The van der Waals surface area contributed by atoms with Gasteiger partial charge >= 0.3 is 0 Å². The van der Waals surface area contributed by atoms with E-state index in [1.165, 1.54) is 0 Å². The Morgan fingerprint density at radius 3 is 2.29 bits per heavy atom. The molecule has 1 N–H and O–H groups in total. The van der Waals surface area contributed by atoms with E-state index in [0.29, 0.717) is 28.5 Å². The fourth-order valence-electron chi connectivity index (χ4n) is 2.57. The lowest BCUT2D eigenvalue weighted by atomic mass is 10.1. The van der Waals surface area contributed by atoms with Crippen LogP contribution in [0.4, 0.5) is 0 Å². The molecule has 1 aliphatic heterocycles. The molecule has 0 saturated carbocycles. The van der Waals surface area contributed by atoms with E-state index in [4.69, 9.17) is 0 Å². The van der Waals surface area contributed by atoms with Crippen LogP contribution in [0.5, 0.6) is 0 Å². The molecule has 2 rings (SSSR count). The van der Waals surface area contributed by atoms with Crippen molar-refractivity contribution >= 4 is 21.8 Å². The van der Waals surface area contributed by atoms with Gasteiger partial charge in [0, 0.05) is 23.6 Å². The van der Waals surface area contributed by atoms with Gasteiger partial charge in [0.2, 0.25) is 10.0 Å². The third-order valence-corrected chi connectivity index (χ3v) is 6.68. The Morgan fingerprint density at radius 1 is 1.19 bits per heavy atom. The molecule has 1 fully saturated rings. The number of rotatable bonds is 5. The summed E-state index contributed by atoms with van der Waals surface area (Å²) < 4.78 is 27.0. The fraction of sp³-hybridized carbons (Fsp3) is 0.600. The lowest BCUT2D eigenvalue weighted by Gasteiger charge is -2.33. The minimum atomic E-state index is -3.36. The number of nitrogens with zero attached hydrogens (tertiary/aromatic N) is 1. The van der Waals surface area contributed by atoms with Crippen molar-refractivity contribution in [1.29, 1.82) is 0 Å². The molecule has 2 unspecified atom stereocenters. The number of sulfonamides is 1. The summed E-state index contributed by atoms with van der Waals surface area (Å²) in [5.41, 5.74) is 1.15. The van der Waals surface area contributed by atoms with E-state index in [1.807, 2.05) is 30.9 Å². The second kappa shape index (κ2) is 7.13. The molecule has 0 spiro atoms. The van der Waals surface area contributed by atoms with Crippen molar-refractivity contribution in [2.24, 2.45) is 0 Å². The highest BCUT2D eigenvalue weighted by Gasteiger charge is 2.31. The average Bonchev–Trinajstić information content (AvgIpc) is 2.44. The Morgan fingerprint density at radius 2 is 1.76 bits per heavy atom. The lowest BCUT2D eigenvalue weighted by Crippen LogP contribution is -2.43. The Bertz CT molecular complexity index is 548. The number of likely N-dealkylation sites (N-methyl/N-ethyl adjacent to an activating group) is 1. The van der Waals surface area contributed by atoms with Crippen LogP contribution in [0.25, 0.3) is 0 Å². The van der Waals surface area contributed by atoms with Crippen LogP contribution in [0, 0.1) is 0 Å². The summed E-state index contributed by atoms with van der Waals surface area (Å²) in [4.78, 5) is 0.405. The van der Waals surface area contributed by atoms with Gasteiger partial charge in [-0.3, -0.25) is 0 Å². The number of hydrogen-bond acceptors (Lipinski definition) is 4. The van der Waals surface area contributed by atoms with Crippen molar-refractivity contribution < 1.29 is 8.42 Å². The maximum Gasteiger partial charge on any atom is 0.243 e. The molecule has 0 bridgehead atoms. The molecule has 6 heteroatoms. The monoisotopic (exact) mass is 328 g/mol. The van der Waals surface area contributed by atoms with Gasteiger partial charge < -0.3 is 5.32 Å². The van der Waals surface area contributed by atoms with E-state index in [9.17, 15) is 8.42 Å². The molecule has 2 atom stereocenters. The van der Waals surface area contributed by atoms with Crippen LogP contribution in [0.1, 0.15) is 19.4 Å². The average molecular weight is 329 g/mol. The standard InChI is InChI=1S/C15H24N2O2S2/c1-12-10-17(11-13(2)20-12)21(18,19)15-6-4-14(5-7-15)8-9-16-3/h4-7,12-13,16H,8-11H2,1-3H3. The molecule has 0 aliphatic carbocycles. The highest BCUT2D eigenvalue weighted by molar-refractivity contribution is 8.00. The predicted molar refractivity (Wildman–Crippen MR) is 89.3 cm³/mol. The fourth-order valence-corrected chi connectivity index (χ4v) is 5.71. The SMILES string of the molecule is CNCCc1ccc(S(=O)(=O)N2CC(C)SC(C)C2)cc1. The zero-order chi connectivity index (χ0) is 15.5. The second-order valence-corrected chi connectivity index (χ2v) is 9.40. The van der Waals surface area contributed by atoms with Gasteiger partial charge in [0.1, 0.15) is 0 Å². The van der Waals surface area contributed by atoms with Crippen molar-refractivity contribution in [3.63, 3.8) is 0 Å². The van der Waals surface area contributed by atoms with Gasteiger partial charge in [-0.05, 0) is 37.7 Å². The van der Waals surface area contributed by atoms with E-state index in [0.717, 1.165) is 18.5 Å². The van der Waals surface area contributed by atoms with Gasteiger partial charge in [0.05, 0.1) is 4.90 Å². The molecule has 4 nitrogen and oxygen atoms in total. The zero-order valence-corrected chi connectivity index (χ0v) is 14.5. The molecular formula is C15H24N2O2S2. The Labute approximate surface area is 132 Å². The Balaban J connectivity index is 2.15. The summed E-state index contributed by atoms with van der Waals surface area (Å²) in [6.45, 7) is 6.26. The summed E-state index contributed by atoms with van der Waals surface area (Å²) in [5.74, 6) is 0. The second-order valence-electron chi connectivity index (χ2n) is 5.58. The minimum Gasteiger partial charge on any atom is -0.319 e. The molecule has 1 aromatic carbocycles. The lowest BCUT2D eigenvalue weighted by molar-refractivity contribution is 0.405. The highest BCUT2D eigenvalue weighted by Crippen LogP contribution is 2.28. The third-order valence-electron chi connectivity index (χ3n) is 3.61. The maximum atomic E-state index is 12.7. The topological polar surface area (TPSA) is 49.4 Å². The van der Waals surface area contributed by atoms with E-state index in [1.54, 1.807) is 16.4 Å². The number of benzene rings is 1. The maximum absolute atomic E-state index is 12.7. The first-order valence-electron chi connectivity index (χ1n) is 7.32. The van der Waals surface area contributed by atoms with Gasteiger partial charge in [-0.2, -0.15) is 16.1 Å². The minimum absolute atomic E-state index is 0.346. The molecule has 21 heavy (non-hydrogen) atoms. The predicted octanol–water partition coefficient (Wildman–Crippen LogP) is 1.96. The van der Waals surface area contributed by atoms with Gasteiger partial charge in [-0.1, -0.05) is 26.0 Å². The molecule has 1 aromatic rings. The summed E-state index contributed by atoms with van der Waals surface area (Å²) in [5, 5.41) is 3.79. The normalized spacial score (nSPS) is 24.1. The van der Waals surface area contributed by atoms with Gasteiger partial charge in [-0.25, -0.2) is 8.42 Å². The largest absolute Gasteiger partial charge is 0.319 e. The van der Waals surface area contributed by atoms with E-state index in [2.05, 4.69) is 19.2 Å². The number of nitrogens with one attached hydrogen (secondary N) is 1. The first-order valence-corrected chi connectivity index (χ1v) is 9.71. The third kappa shape index (κ3) is 4.22. The number of thioether (sulfide) groups is 1. The molecule has 0 aromatic heterocycles. The quantitative estimate of drug-likeness (QED) is 0.898. The summed E-state index contributed by atoms with van der Waals surface area (Å²) >= 11 is 1.85. The van der Waals surface area contributed by atoms with Crippen molar-refractivity contribution in [2.45, 2.75) is 35.7 Å². The van der Waals surface area contributed by atoms with Crippen molar-refractivity contribution in [2.75, 3.05) is 26.7 Å².